The molecule has 0 aliphatic heterocycles. The lowest BCUT2D eigenvalue weighted by molar-refractivity contribution is -0.139. The highest BCUT2D eigenvalue weighted by molar-refractivity contribution is 5.82. The van der Waals surface area contributed by atoms with Gasteiger partial charge in [0.05, 0.1) is 7.11 Å². The number of carboxylic acids is 1. The number of hydrogen-bond donors (Lipinski definition) is 2. The summed E-state index contributed by atoms with van der Waals surface area (Å²) >= 11 is 0. The zero-order valence-corrected chi connectivity index (χ0v) is 15.0. The maximum absolute atomic E-state index is 12.3. The molecule has 26 heavy (non-hydrogen) atoms. The van der Waals surface area contributed by atoms with E-state index in [-0.39, 0.29) is 6.42 Å². The molecule has 2 amide bonds. The fourth-order valence-corrected chi connectivity index (χ4v) is 2.50. The summed E-state index contributed by atoms with van der Waals surface area (Å²) in [7, 11) is 3.23. The average molecular weight is 356 g/mol. The van der Waals surface area contributed by atoms with Gasteiger partial charge in [0.1, 0.15) is 11.8 Å². The number of aliphatic carboxylic acids is 1. The van der Waals surface area contributed by atoms with E-state index >= 15 is 0 Å². The van der Waals surface area contributed by atoms with Crippen LogP contribution in [-0.2, 0) is 17.6 Å². The molecule has 0 saturated heterocycles. The van der Waals surface area contributed by atoms with E-state index in [0.29, 0.717) is 18.7 Å². The van der Waals surface area contributed by atoms with Gasteiger partial charge in [-0.3, -0.25) is 0 Å². The minimum absolute atomic E-state index is 0.206. The van der Waals surface area contributed by atoms with Crippen molar-refractivity contribution in [3.8, 4) is 5.75 Å². The van der Waals surface area contributed by atoms with Crippen LogP contribution in [-0.4, -0.2) is 48.8 Å². The number of carbonyl (C=O) groups excluding carboxylic acids is 1. The molecule has 0 saturated carbocycles. The molecule has 0 aliphatic rings. The Labute approximate surface area is 153 Å². The molecule has 6 heteroatoms. The number of methoxy groups -OCH3 is 1. The molecule has 2 aromatic carbocycles. The van der Waals surface area contributed by atoms with E-state index in [0.717, 1.165) is 11.1 Å². The number of nitrogens with zero attached hydrogens (tertiary/aromatic N) is 1. The summed E-state index contributed by atoms with van der Waals surface area (Å²) in [6.07, 6.45) is 0.915. The molecule has 0 heterocycles. The highest BCUT2D eigenvalue weighted by atomic mass is 16.5. The van der Waals surface area contributed by atoms with Crippen molar-refractivity contribution < 1.29 is 19.4 Å². The Balaban J connectivity index is 1.90. The molecule has 2 rings (SSSR count). The monoisotopic (exact) mass is 356 g/mol. The summed E-state index contributed by atoms with van der Waals surface area (Å²) in [5.74, 6) is -0.365. The van der Waals surface area contributed by atoms with Gasteiger partial charge in [-0.05, 0) is 29.7 Å². The van der Waals surface area contributed by atoms with Crippen LogP contribution in [0.25, 0.3) is 0 Å². The van der Waals surface area contributed by atoms with Crippen LogP contribution in [0.4, 0.5) is 4.79 Å². The molecule has 2 aromatic rings. The normalized spacial score (nSPS) is 11.5. The number of amides is 2. The highest BCUT2D eigenvalue weighted by Gasteiger charge is 2.22. The number of urea groups is 1. The van der Waals surface area contributed by atoms with E-state index < -0.39 is 18.0 Å². The first-order chi connectivity index (χ1) is 12.5. The van der Waals surface area contributed by atoms with E-state index in [1.165, 1.54) is 4.90 Å². The van der Waals surface area contributed by atoms with Gasteiger partial charge in [0, 0.05) is 20.0 Å². The SMILES string of the molecule is COc1ccc(C[C@H](NC(=O)N(C)CCc2ccccc2)C(=O)O)cc1. The van der Waals surface area contributed by atoms with Crippen LogP contribution in [0.5, 0.6) is 5.75 Å². The quantitative estimate of drug-likeness (QED) is 0.762. The lowest BCUT2D eigenvalue weighted by Crippen LogP contribution is -2.48. The largest absolute Gasteiger partial charge is 0.497 e. The second-order valence-electron chi connectivity index (χ2n) is 6.05. The Morgan fingerprint density at radius 3 is 2.31 bits per heavy atom. The molecule has 138 valence electrons. The van der Waals surface area contributed by atoms with Crippen LogP contribution >= 0.6 is 0 Å². The fraction of sp³-hybridized carbons (Fsp3) is 0.300. The lowest BCUT2D eigenvalue weighted by atomic mass is 10.1. The standard InChI is InChI=1S/C20H24N2O4/c1-22(13-12-15-6-4-3-5-7-15)20(25)21-18(19(23)24)14-16-8-10-17(26-2)11-9-16/h3-11,18H,12-14H2,1-2H3,(H,21,25)(H,23,24)/t18-/m0/s1. The predicted molar refractivity (Wildman–Crippen MR) is 99.4 cm³/mol. The van der Waals surface area contributed by atoms with Gasteiger partial charge in [0.25, 0.3) is 0 Å². The minimum atomic E-state index is -1.06. The van der Waals surface area contributed by atoms with Crippen molar-refractivity contribution in [3.63, 3.8) is 0 Å². The first kappa shape index (κ1) is 19.3. The first-order valence-electron chi connectivity index (χ1n) is 8.41. The third-order valence-corrected chi connectivity index (χ3v) is 4.12. The van der Waals surface area contributed by atoms with E-state index in [9.17, 15) is 14.7 Å². The molecular formula is C20H24N2O4. The Kier molecular flexibility index (Phi) is 7.02. The number of ether oxygens (including phenoxy) is 1. The van der Waals surface area contributed by atoms with Gasteiger partial charge in [-0.1, -0.05) is 42.5 Å². The smallest absolute Gasteiger partial charge is 0.326 e. The zero-order chi connectivity index (χ0) is 18.9. The van der Waals surface area contributed by atoms with Crippen molar-refractivity contribution in [2.45, 2.75) is 18.9 Å². The van der Waals surface area contributed by atoms with Crippen molar-refractivity contribution in [2.24, 2.45) is 0 Å². The molecule has 0 aromatic heterocycles. The summed E-state index contributed by atoms with van der Waals surface area (Å²) in [6, 6.07) is 15.6. The van der Waals surface area contributed by atoms with Crippen LogP contribution in [0.2, 0.25) is 0 Å². The first-order valence-corrected chi connectivity index (χ1v) is 8.41. The molecule has 0 radical (unpaired) electrons. The number of carboxylic acid groups (broad SMARTS) is 1. The molecule has 1 atom stereocenters. The third kappa shape index (κ3) is 5.81. The van der Waals surface area contributed by atoms with Gasteiger partial charge in [0.15, 0.2) is 0 Å². The van der Waals surface area contributed by atoms with Gasteiger partial charge < -0.3 is 20.1 Å². The van der Waals surface area contributed by atoms with E-state index in [4.69, 9.17) is 4.74 Å². The van der Waals surface area contributed by atoms with E-state index in [1.807, 2.05) is 30.3 Å². The van der Waals surface area contributed by atoms with Crippen molar-refractivity contribution in [1.29, 1.82) is 0 Å². The van der Waals surface area contributed by atoms with Gasteiger partial charge >= 0.3 is 12.0 Å². The van der Waals surface area contributed by atoms with E-state index in [1.54, 1.807) is 38.4 Å². The summed E-state index contributed by atoms with van der Waals surface area (Å²) in [6.45, 7) is 0.505. The van der Waals surface area contributed by atoms with Gasteiger partial charge in [-0.2, -0.15) is 0 Å². The van der Waals surface area contributed by atoms with Crippen molar-refractivity contribution in [3.05, 3.63) is 65.7 Å². The van der Waals surface area contributed by atoms with Crippen LogP contribution in [0.15, 0.2) is 54.6 Å². The third-order valence-electron chi connectivity index (χ3n) is 4.12. The second-order valence-corrected chi connectivity index (χ2v) is 6.05. The maximum atomic E-state index is 12.3. The van der Waals surface area contributed by atoms with Crippen LogP contribution in [0, 0.1) is 0 Å². The summed E-state index contributed by atoms with van der Waals surface area (Å²) in [4.78, 5) is 25.3. The van der Waals surface area contributed by atoms with Gasteiger partial charge in [-0.25, -0.2) is 9.59 Å². The van der Waals surface area contributed by atoms with Crippen molar-refractivity contribution in [1.82, 2.24) is 10.2 Å². The Bertz CT molecular complexity index is 716. The number of likely N-dealkylation sites (N-methyl/N-ethyl adjacent to an activating group) is 1. The number of rotatable bonds is 8. The summed E-state index contributed by atoms with van der Waals surface area (Å²) in [5.41, 5.74) is 1.94. The molecule has 6 nitrogen and oxygen atoms in total. The van der Waals surface area contributed by atoms with Crippen LogP contribution in [0.1, 0.15) is 11.1 Å². The zero-order valence-electron chi connectivity index (χ0n) is 15.0. The summed E-state index contributed by atoms with van der Waals surface area (Å²) < 4.78 is 5.09. The number of nitrogens with one attached hydrogen (secondary N) is 1. The minimum Gasteiger partial charge on any atom is -0.497 e. The topological polar surface area (TPSA) is 78.9 Å². The predicted octanol–water partition coefficient (Wildman–Crippen LogP) is 2.58. The van der Waals surface area contributed by atoms with Crippen LogP contribution in [0.3, 0.4) is 0 Å². The molecule has 0 spiro atoms. The molecule has 0 aliphatic carbocycles. The molecule has 0 bridgehead atoms. The number of carbonyl (C=O) groups is 2. The molecule has 0 fully saturated rings. The average Bonchev–Trinajstić information content (AvgIpc) is 2.66. The summed E-state index contributed by atoms with van der Waals surface area (Å²) in [5, 5.41) is 12.0. The fourth-order valence-electron chi connectivity index (χ4n) is 2.50. The van der Waals surface area contributed by atoms with Gasteiger partial charge in [-0.15, -0.1) is 0 Å². The lowest BCUT2D eigenvalue weighted by Gasteiger charge is -2.21. The van der Waals surface area contributed by atoms with Crippen molar-refractivity contribution >= 4 is 12.0 Å². The number of hydrogen-bond acceptors (Lipinski definition) is 3. The Morgan fingerprint density at radius 2 is 1.73 bits per heavy atom. The Hall–Kier alpha value is -3.02. The van der Waals surface area contributed by atoms with Crippen LogP contribution < -0.4 is 10.1 Å². The van der Waals surface area contributed by atoms with Crippen molar-refractivity contribution in [2.75, 3.05) is 20.7 Å². The molecule has 2 N–H and O–H groups in total. The molecule has 0 unspecified atom stereocenters. The Morgan fingerprint density at radius 1 is 1.08 bits per heavy atom. The van der Waals surface area contributed by atoms with E-state index in [2.05, 4.69) is 5.32 Å². The number of benzene rings is 2. The van der Waals surface area contributed by atoms with Gasteiger partial charge in [0.2, 0.25) is 0 Å². The second kappa shape index (κ2) is 9.46. The molecular weight excluding hydrogens is 332 g/mol. The highest BCUT2D eigenvalue weighted by Crippen LogP contribution is 2.13. The maximum Gasteiger partial charge on any atom is 0.326 e.